The van der Waals surface area contributed by atoms with Gasteiger partial charge in [0.15, 0.2) is 0 Å². The lowest BCUT2D eigenvalue weighted by molar-refractivity contribution is 0.662. The summed E-state index contributed by atoms with van der Waals surface area (Å²) >= 11 is 0. The van der Waals surface area contributed by atoms with Crippen molar-refractivity contribution in [2.24, 2.45) is 0 Å². The Hall–Kier alpha value is -4.62. The molecule has 0 spiro atoms. The number of benzene rings is 6. The summed E-state index contributed by atoms with van der Waals surface area (Å²) in [6, 6.07) is 42.2. The summed E-state index contributed by atoms with van der Waals surface area (Å²) in [6.07, 6.45) is 4.49. The summed E-state index contributed by atoms with van der Waals surface area (Å²) in [6.45, 7) is 4.72. The van der Waals surface area contributed by atoms with E-state index in [1.54, 1.807) is 0 Å². The van der Waals surface area contributed by atoms with E-state index in [1.165, 1.54) is 71.3 Å². The molecule has 6 aromatic carbocycles. The molecule has 0 aliphatic heterocycles. The molecule has 1 aromatic heterocycles. The van der Waals surface area contributed by atoms with Gasteiger partial charge in [0.2, 0.25) is 0 Å². The van der Waals surface area contributed by atoms with Crippen LogP contribution in [0.2, 0.25) is 0 Å². The minimum Gasteiger partial charge on any atom is -0.309 e. The minimum atomic E-state index is 0.00918. The van der Waals surface area contributed by atoms with Crippen LogP contribution in [0.1, 0.15) is 36.1 Å². The molecule has 0 saturated carbocycles. The maximum Gasteiger partial charge on any atom is 0.0541 e. The van der Waals surface area contributed by atoms with Gasteiger partial charge in [-0.1, -0.05) is 111 Å². The Morgan fingerprint density at radius 2 is 1.16 bits per heavy atom. The van der Waals surface area contributed by atoms with Crippen molar-refractivity contribution in [1.29, 1.82) is 0 Å². The van der Waals surface area contributed by atoms with Crippen molar-refractivity contribution in [2.45, 2.75) is 19.3 Å². The van der Waals surface area contributed by atoms with Crippen LogP contribution in [0.25, 0.3) is 61.2 Å². The van der Waals surface area contributed by atoms with Crippen molar-refractivity contribution in [3.63, 3.8) is 0 Å². The van der Waals surface area contributed by atoms with Crippen LogP contribution in [-0.2, 0) is 5.41 Å². The van der Waals surface area contributed by atoms with Gasteiger partial charge in [0, 0.05) is 21.9 Å². The van der Waals surface area contributed by atoms with Crippen LogP contribution in [-0.4, -0.2) is 4.57 Å². The van der Waals surface area contributed by atoms with E-state index in [-0.39, 0.29) is 5.41 Å². The molecule has 7 aromatic rings. The van der Waals surface area contributed by atoms with E-state index in [0.717, 1.165) is 0 Å². The van der Waals surface area contributed by atoms with Crippen LogP contribution < -0.4 is 0 Å². The normalized spacial score (nSPS) is 14.2. The van der Waals surface area contributed by atoms with Gasteiger partial charge in [-0.25, -0.2) is 0 Å². The summed E-state index contributed by atoms with van der Waals surface area (Å²) < 4.78 is 2.36. The third-order valence-corrected chi connectivity index (χ3v) is 8.53. The van der Waals surface area contributed by atoms with Crippen LogP contribution >= 0.6 is 0 Å². The first-order chi connectivity index (χ1) is 18.6. The summed E-state index contributed by atoms with van der Waals surface area (Å²) in [5, 5.41) is 8.11. The Labute approximate surface area is 222 Å². The van der Waals surface area contributed by atoms with Gasteiger partial charge in [-0.15, -0.1) is 0 Å². The average molecular weight is 486 g/mol. The number of aromatic nitrogens is 1. The smallest absolute Gasteiger partial charge is 0.0541 e. The van der Waals surface area contributed by atoms with Gasteiger partial charge in [0.1, 0.15) is 0 Å². The van der Waals surface area contributed by atoms with Crippen LogP contribution in [0.4, 0.5) is 0 Å². The van der Waals surface area contributed by atoms with E-state index in [2.05, 4.69) is 146 Å². The third-order valence-electron chi connectivity index (χ3n) is 8.53. The highest BCUT2D eigenvalue weighted by molar-refractivity contribution is 6.15. The largest absolute Gasteiger partial charge is 0.309 e. The van der Waals surface area contributed by atoms with Gasteiger partial charge in [-0.05, 0) is 74.1 Å². The summed E-state index contributed by atoms with van der Waals surface area (Å²) in [5.74, 6) is 0. The highest BCUT2D eigenvalue weighted by atomic mass is 15.0. The van der Waals surface area contributed by atoms with Crippen molar-refractivity contribution in [2.75, 3.05) is 0 Å². The molecule has 1 heteroatoms. The maximum atomic E-state index is 2.39. The molecule has 1 heterocycles. The Balaban J connectivity index is 1.18. The second kappa shape index (κ2) is 7.69. The van der Waals surface area contributed by atoms with Gasteiger partial charge in [0.05, 0.1) is 11.0 Å². The highest BCUT2D eigenvalue weighted by Gasteiger charge is 2.33. The molecule has 0 N–H and O–H groups in total. The lowest BCUT2D eigenvalue weighted by Crippen LogP contribution is -2.15. The van der Waals surface area contributed by atoms with Crippen molar-refractivity contribution in [3.05, 3.63) is 138 Å². The Bertz CT molecular complexity index is 2030. The molecule has 1 aliphatic carbocycles. The van der Waals surface area contributed by atoms with Gasteiger partial charge in [-0.3, -0.25) is 0 Å². The topological polar surface area (TPSA) is 4.93 Å². The first-order valence-corrected chi connectivity index (χ1v) is 13.4. The van der Waals surface area contributed by atoms with Gasteiger partial charge in [0.25, 0.3) is 0 Å². The zero-order valence-electron chi connectivity index (χ0n) is 21.6. The quantitative estimate of drug-likeness (QED) is 0.173. The zero-order valence-corrected chi connectivity index (χ0v) is 21.6. The Morgan fingerprint density at radius 3 is 1.89 bits per heavy atom. The predicted molar refractivity (Wildman–Crippen MR) is 163 cm³/mol. The predicted octanol–water partition coefficient (Wildman–Crippen LogP) is 9.90. The fourth-order valence-corrected chi connectivity index (χ4v) is 6.65. The van der Waals surface area contributed by atoms with Crippen molar-refractivity contribution >= 4 is 55.5 Å². The van der Waals surface area contributed by atoms with Crippen molar-refractivity contribution < 1.29 is 0 Å². The Kier molecular flexibility index (Phi) is 4.35. The summed E-state index contributed by atoms with van der Waals surface area (Å²) in [4.78, 5) is 0. The minimum absolute atomic E-state index is 0.00918. The first kappa shape index (κ1) is 21.5. The Morgan fingerprint density at radius 1 is 0.526 bits per heavy atom. The number of fused-ring (bicyclic) bond motifs is 3. The number of nitrogens with zero attached hydrogens (tertiary/aromatic N) is 1. The molecule has 0 bridgehead atoms. The fraction of sp³-hybridized carbons (Fsp3) is 0.0811. The van der Waals surface area contributed by atoms with E-state index >= 15 is 0 Å². The van der Waals surface area contributed by atoms with Gasteiger partial charge in [-0.2, -0.15) is 0 Å². The van der Waals surface area contributed by atoms with E-state index in [0.29, 0.717) is 0 Å². The van der Waals surface area contributed by atoms with E-state index < -0.39 is 0 Å². The number of para-hydroxylation sites is 2. The lowest BCUT2D eigenvalue weighted by Gasteiger charge is -2.22. The van der Waals surface area contributed by atoms with Crippen molar-refractivity contribution in [1.82, 2.24) is 4.57 Å². The fourth-order valence-electron chi connectivity index (χ4n) is 6.65. The zero-order chi connectivity index (χ0) is 25.4. The molecule has 0 amide bonds. The molecule has 38 heavy (non-hydrogen) atoms. The summed E-state index contributed by atoms with van der Waals surface area (Å²) in [7, 11) is 0. The van der Waals surface area contributed by atoms with Crippen molar-refractivity contribution in [3.8, 4) is 5.69 Å². The number of rotatable bonds is 3. The van der Waals surface area contributed by atoms with Crippen LogP contribution in [0.3, 0.4) is 0 Å². The maximum absolute atomic E-state index is 2.39. The molecular weight excluding hydrogens is 458 g/mol. The third kappa shape index (κ3) is 2.93. The molecule has 0 radical (unpaired) electrons. The molecule has 8 rings (SSSR count). The second-order valence-corrected chi connectivity index (χ2v) is 11.1. The molecule has 0 atom stereocenters. The SMILES string of the molecule is CC1(C)c2cccc3ccc4cc(C=Cc5ccc(-n6c7ccccc7c7ccccc76)cc5)cc1c4c23. The van der Waals surface area contributed by atoms with E-state index in [1.807, 2.05) is 0 Å². The second-order valence-electron chi connectivity index (χ2n) is 11.1. The van der Waals surface area contributed by atoms with Crippen LogP contribution in [0.15, 0.2) is 115 Å². The lowest BCUT2D eigenvalue weighted by atomic mass is 9.81. The number of hydrogen-bond acceptors (Lipinski definition) is 0. The molecule has 0 saturated heterocycles. The highest BCUT2D eigenvalue weighted by Crippen LogP contribution is 2.49. The standard InChI is InChI=1S/C37H27N/c1-37(2)31-11-7-8-26-18-19-27-22-25(23-32(37)36(27)35(26)31)15-14-24-16-20-28(21-17-24)38-33-12-5-3-9-29(33)30-10-4-6-13-34(30)38/h3-23H,1-2H3. The first-order valence-electron chi connectivity index (χ1n) is 13.4. The molecule has 0 unspecified atom stereocenters. The summed E-state index contributed by atoms with van der Waals surface area (Å²) in [5.41, 5.74) is 8.99. The molecule has 1 aliphatic rings. The monoisotopic (exact) mass is 485 g/mol. The van der Waals surface area contributed by atoms with Crippen LogP contribution in [0, 0.1) is 0 Å². The van der Waals surface area contributed by atoms with Crippen LogP contribution in [0.5, 0.6) is 0 Å². The van der Waals surface area contributed by atoms with Gasteiger partial charge < -0.3 is 4.57 Å². The van der Waals surface area contributed by atoms with E-state index in [9.17, 15) is 0 Å². The molecule has 0 fully saturated rings. The average Bonchev–Trinajstić information content (AvgIpc) is 3.41. The molecular formula is C37H27N. The molecule has 1 nitrogen and oxygen atoms in total. The van der Waals surface area contributed by atoms with E-state index in [4.69, 9.17) is 0 Å². The number of hydrogen-bond donors (Lipinski definition) is 0. The molecule has 180 valence electrons. The van der Waals surface area contributed by atoms with Gasteiger partial charge >= 0.3 is 0 Å².